The van der Waals surface area contributed by atoms with Crippen LogP contribution in [0.1, 0.15) is 38.5 Å². The lowest BCUT2D eigenvalue weighted by Gasteiger charge is -2.42. The van der Waals surface area contributed by atoms with E-state index in [2.05, 4.69) is 53.5 Å². The summed E-state index contributed by atoms with van der Waals surface area (Å²) in [7, 11) is 0. The Morgan fingerprint density at radius 2 is 2.25 bits per heavy atom. The van der Waals surface area contributed by atoms with Gasteiger partial charge in [-0.1, -0.05) is 20.8 Å². The summed E-state index contributed by atoms with van der Waals surface area (Å²) in [5.41, 5.74) is 0.591. The Morgan fingerprint density at radius 3 is 2.69 bits per heavy atom. The van der Waals surface area contributed by atoms with Crippen molar-refractivity contribution in [1.29, 1.82) is 0 Å². The Kier molecular flexibility index (Phi) is 3.49. The number of nitrogens with one attached hydrogen (secondary N) is 1. The van der Waals surface area contributed by atoms with Crippen molar-refractivity contribution in [3.63, 3.8) is 0 Å². The SMILES string of the molecule is CC(C)(C)C1(Cc2sccc2Br)CCCN1. The van der Waals surface area contributed by atoms with Gasteiger partial charge in [0.25, 0.3) is 0 Å². The van der Waals surface area contributed by atoms with Crippen LogP contribution in [0.15, 0.2) is 15.9 Å². The molecule has 2 rings (SSSR count). The maximum Gasteiger partial charge on any atom is 0.0315 e. The number of hydrogen-bond acceptors (Lipinski definition) is 2. The van der Waals surface area contributed by atoms with E-state index in [0.717, 1.165) is 6.42 Å². The molecule has 0 radical (unpaired) electrons. The third kappa shape index (κ3) is 2.22. The molecule has 1 unspecified atom stereocenters. The first-order valence-electron chi connectivity index (χ1n) is 5.92. The van der Waals surface area contributed by atoms with E-state index >= 15 is 0 Å². The highest BCUT2D eigenvalue weighted by molar-refractivity contribution is 9.10. The van der Waals surface area contributed by atoms with Gasteiger partial charge in [0.1, 0.15) is 0 Å². The lowest BCUT2D eigenvalue weighted by molar-refractivity contribution is 0.160. The van der Waals surface area contributed by atoms with Crippen molar-refractivity contribution in [1.82, 2.24) is 5.32 Å². The zero-order valence-corrected chi connectivity index (χ0v) is 12.7. The van der Waals surface area contributed by atoms with Gasteiger partial charge in [0, 0.05) is 21.3 Å². The Morgan fingerprint density at radius 1 is 1.50 bits per heavy atom. The predicted molar refractivity (Wildman–Crippen MR) is 75.1 cm³/mol. The highest BCUT2D eigenvalue weighted by atomic mass is 79.9. The van der Waals surface area contributed by atoms with Crippen molar-refractivity contribution in [3.8, 4) is 0 Å². The van der Waals surface area contributed by atoms with E-state index in [1.165, 1.54) is 28.7 Å². The molecule has 0 amide bonds. The van der Waals surface area contributed by atoms with E-state index in [4.69, 9.17) is 0 Å². The molecule has 90 valence electrons. The molecule has 3 heteroatoms. The summed E-state index contributed by atoms with van der Waals surface area (Å²) in [6.45, 7) is 8.23. The maximum absolute atomic E-state index is 3.76. The van der Waals surface area contributed by atoms with Crippen molar-refractivity contribution in [2.45, 2.75) is 45.6 Å². The van der Waals surface area contributed by atoms with Crippen LogP contribution >= 0.6 is 27.3 Å². The van der Waals surface area contributed by atoms with Crippen molar-refractivity contribution < 1.29 is 0 Å². The van der Waals surface area contributed by atoms with Crippen LogP contribution < -0.4 is 5.32 Å². The van der Waals surface area contributed by atoms with Gasteiger partial charge >= 0.3 is 0 Å². The quantitative estimate of drug-likeness (QED) is 0.862. The zero-order chi connectivity index (χ0) is 11.8. The van der Waals surface area contributed by atoms with Crippen LogP contribution in [0.5, 0.6) is 0 Å². The molecule has 1 aliphatic rings. The molecule has 1 atom stereocenters. The van der Waals surface area contributed by atoms with E-state index in [9.17, 15) is 0 Å². The number of rotatable bonds is 2. The van der Waals surface area contributed by atoms with Gasteiger partial charge in [0.2, 0.25) is 0 Å². The molecule has 1 nitrogen and oxygen atoms in total. The minimum absolute atomic E-state index is 0.278. The second-order valence-electron chi connectivity index (χ2n) is 5.73. The Labute approximate surface area is 111 Å². The van der Waals surface area contributed by atoms with Crippen molar-refractivity contribution in [2.75, 3.05) is 6.54 Å². The fourth-order valence-electron chi connectivity index (χ4n) is 2.59. The maximum atomic E-state index is 3.76. The van der Waals surface area contributed by atoms with Gasteiger partial charge in [-0.25, -0.2) is 0 Å². The van der Waals surface area contributed by atoms with E-state index in [0.29, 0.717) is 5.41 Å². The lowest BCUT2D eigenvalue weighted by atomic mass is 9.70. The smallest absolute Gasteiger partial charge is 0.0315 e. The molecule has 16 heavy (non-hydrogen) atoms. The Balaban J connectivity index is 2.25. The van der Waals surface area contributed by atoms with Crippen LogP contribution in [0.25, 0.3) is 0 Å². The Bertz CT molecular complexity index is 358. The van der Waals surface area contributed by atoms with Crippen molar-refractivity contribution >= 4 is 27.3 Å². The van der Waals surface area contributed by atoms with Crippen LogP contribution in [0, 0.1) is 5.41 Å². The summed E-state index contributed by atoms with van der Waals surface area (Å²) in [5.74, 6) is 0. The second kappa shape index (κ2) is 4.43. The number of thiophene rings is 1. The molecule has 0 saturated carbocycles. The van der Waals surface area contributed by atoms with Gasteiger partial charge < -0.3 is 5.32 Å². The highest BCUT2D eigenvalue weighted by Gasteiger charge is 2.44. The van der Waals surface area contributed by atoms with E-state index in [-0.39, 0.29) is 5.54 Å². The summed E-state index contributed by atoms with van der Waals surface area (Å²) in [4.78, 5) is 1.48. The molecule has 0 aromatic carbocycles. The summed E-state index contributed by atoms with van der Waals surface area (Å²) in [5, 5.41) is 5.93. The largest absolute Gasteiger partial charge is 0.310 e. The topological polar surface area (TPSA) is 12.0 Å². The molecule has 2 heterocycles. The van der Waals surface area contributed by atoms with Crippen LogP contribution in [0.2, 0.25) is 0 Å². The molecular formula is C13H20BrNS. The summed E-state index contributed by atoms with van der Waals surface area (Å²) < 4.78 is 1.27. The van der Waals surface area contributed by atoms with Crippen LogP contribution in [0.3, 0.4) is 0 Å². The number of hydrogen-bond donors (Lipinski definition) is 1. The minimum Gasteiger partial charge on any atom is -0.310 e. The molecule has 1 aliphatic heterocycles. The molecule has 0 bridgehead atoms. The Hall–Kier alpha value is 0.140. The number of halogens is 1. The first-order valence-corrected chi connectivity index (χ1v) is 7.59. The predicted octanol–water partition coefficient (Wildman–Crippen LogP) is 4.22. The standard InChI is InChI=1S/C13H20BrNS/c1-12(2,3)13(6-4-7-15-13)9-11-10(14)5-8-16-11/h5,8,15H,4,6-7,9H2,1-3H3. The molecule has 1 aromatic rings. The van der Waals surface area contributed by atoms with Crippen molar-refractivity contribution in [3.05, 3.63) is 20.8 Å². The molecular weight excluding hydrogens is 282 g/mol. The monoisotopic (exact) mass is 301 g/mol. The third-order valence-corrected chi connectivity index (χ3v) is 5.76. The van der Waals surface area contributed by atoms with Gasteiger partial charge in [0.15, 0.2) is 0 Å². The van der Waals surface area contributed by atoms with Crippen LogP contribution in [-0.2, 0) is 6.42 Å². The molecule has 0 spiro atoms. The third-order valence-electron chi connectivity index (χ3n) is 3.83. The first-order chi connectivity index (χ1) is 7.45. The van der Waals surface area contributed by atoms with Gasteiger partial charge in [-0.05, 0) is 52.2 Å². The van der Waals surface area contributed by atoms with E-state index in [1.807, 2.05) is 11.3 Å². The van der Waals surface area contributed by atoms with Crippen molar-refractivity contribution in [2.24, 2.45) is 5.41 Å². The fourth-order valence-corrected chi connectivity index (χ4v) is 4.19. The minimum atomic E-state index is 0.278. The molecule has 1 fully saturated rings. The normalized spacial score (nSPS) is 26.2. The molecule has 0 aliphatic carbocycles. The lowest BCUT2D eigenvalue weighted by Crippen LogP contribution is -2.52. The average molecular weight is 302 g/mol. The first kappa shape index (κ1) is 12.6. The molecule has 1 aromatic heterocycles. The van der Waals surface area contributed by atoms with E-state index in [1.54, 1.807) is 0 Å². The molecule has 1 saturated heterocycles. The summed E-state index contributed by atoms with van der Waals surface area (Å²) in [6.07, 6.45) is 3.75. The van der Waals surface area contributed by atoms with Crippen LogP contribution in [-0.4, -0.2) is 12.1 Å². The zero-order valence-electron chi connectivity index (χ0n) is 10.3. The van der Waals surface area contributed by atoms with Gasteiger partial charge in [-0.15, -0.1) is 11.3 Å². The highest BCUT2D eigenvalue weighted by Crippen LogP contribution is 2.41. The van der Waals surface area contributed by atoms with Crippen LogP contribution in [0.4, 0.5) is 0 Å². The second-order valence-corrected chi connectivity index (χ2v) is 7.59. The summed E-state index contributed by atoms with van der Waals surface area (Å²) in [6, 6.07) is 2.16. The van der Waals surface area contributed by atoms with Gasteiger partial charge in [-0.3, -0.25) is 0 Å². The van der Waals surface area contributed by atoms with Gasteiger partial charge in [0.05, 0.1) is 0 Å². The fraction of sp³-hybridized carbons (Fsp3) is 0.692. The van der Waals surface area contributed by atoms with E-state index < -0.39 is 0 Å². The average Bonchev–Trinajstić information content (AvgIpc) is 2.77. The van der Waals surface area contributed by atoms with Gasteiger partial charge in [-0.2, -0.15) is 0 Å². The molecule has 1 N–H and O–H groups in total. The summed E-state index contributed by atoms with van der Waals surface area (Å²) >= 11 is 5.51.